The van der Waals surface area contributed by atoms with E-state index in [-0.39, 0.29) is 5.91 Å². The summed E-state index contributed by atoms with van der Waals surface area (Å²) >= 11 is 0. The van der Waals surface area contributed by atoms with Gasteiger partial charge in [0.1, 0.15) is 0 Å². The third-order valence-corrected chi connectivity index (χ3v) is 6.29. The summed E-state index contributed by atoms with van der Waals surface area (Å²) in [5.74, 6) is 2.16. The Morgan fingerprint density at radius 2 is 1.57 bits per heavy atom. The van der Waals surface area contributed by atoms with Gasteiger partial charge in [0.15, 0.2) is 0 Å². The first-order valence-corrected chi connectivity index (χ1v) is 11.5. The highest BCUT2D eigenvalue weighted by Gasteiger charge is 2.12. The molecular weight excluding hydrogens is 328 g/mol. The number of nitrogens with zero attached hydrogens (tertiary/aromatic N) is 2. The van der Waals surface area contributed by atoms with Crippen LogP contribution in [-0.2, 0) is 9.63 Å². The van der Waals surface area contributed by atoms with E-state index in [1.807, 2.05) is 10.8 Å². The van der Waals surface area contributed by atoms with Gasteiger partial charge in [0.05, 0.1) is 7.11 Å². The van der Waals surface area contributed by atoms with E-state index in [2.05, 4.69) is 25.7 Å². The molecule has 0 N–H and O–H groups in total. The van der Waals surface area contributed by atoms with Crippen molar-refractivity contribution in [1.82, 2.24) is 9.96 Å². The second-order valence-corrected chi connectivity index (χ2v) is 8.22. The van der Waals surface area contributed by atoms with Crippen LogP contribution in [0.1, 0.15) is 59.3 Å². The fourth-order valence-electron chi connectivity index (χ4n) is 2.23. The summed E-state index contributed by atoms with van der Waals surface area (Å²) in [5.41, 5.74) is 0. The van der Waals surface area contributed by atoms with Crippen molar-refractivity contribution in [2.24, 2.45) is 0 Å². The maximum atomic E-state index is 12.1. The summed E-state index contributed by atoms with van der Waals surface area (Å²) in [4.78, 5) is 19.8. The largest absolute Gasteiger partial charge is 0.304 e. The van der Waals surface area contributed by atoms with Crippen LogP contribution in [0.2, 0.25) is 0 Å². The lowest BCUT2D eigenvalue weighted by atomic mass is 10.2. The van der Waals surface area contributed by atoms with Crippen LogP contribution in [0.15, 0.2) is 0 Å². The van der Waals surface area contributed by atoms with Crippen molar-refractivity contribution >= 4 is 27.5 Å². The summed E-state index contributed by atoms with van der Waals surface area (Å²) in [6.07, 6.45) is 6.51. The van der Waals surface area contributed by atoms with Gasteiger partial charge in [-0.15, -0.1) is 0 Å². The minimum Gasteiger partial charge on any atom is -0.304 e. The van der Waals surface area contributed by atoms with Gasteiger partial charge in [0.2, 0.25) is 5.91 Å². The third-order valence-electron chi connectivity index (χ3n) is 3.79. The van der Waals surface area contributed by atoms with Crippen LogP contribution in [0.4, 0.5) is 0 Å². The molecule has 0 aromatic carbocycles. The quantitative estimate of drug-likeness (QED) is 0.229. The average Bonchev–Trinajstić information content (AvgIpc) is 2.57. The van der Waals surface area contributed by atoms with Gasteiger partial charge in [-0.3, -0.25) is 9.63 Å². The number of carbonyl (C=O) groups is 1. The number of hydroxylamine groups is 2. The lowest BCUT2D eigenvalue weighted by Gasteiger charge is -2.21. The first-order chi connectivity index (χ1) is 11.2. The molecule has 1 amide bonds. The molecule has 23 heavy (non-hydrogen) atoms. The highest BCUT2D eigenvalue weighted by Crippen LogP contribution is 2.23. The molecule has 4 nitrogen and oxygen atoms in total. The van der Waals surface area contributed by atoms with E-state index in [1.165, 1.54) is 30.1 Å². The Morgan fingerprint density at radius 1 is 0.913 bits per heavy atom. The maximum Gasteiger partial charge on any atom is 0.246 e. The van der Waals surface area contributed by atoms with Gasteiger partial charge >= 0.3 is 0 Å². The smallest absolute Gasteiger partial charge is 0.246 e. The van der Waals surface area contributed by atoms with E-state index < -0.39 is 0 Å². The van der Waals surface area contributed by atoms with Gasteiger partial charge < -0.3 is 4.90 Å². The van der Waals surface area contributed by atoms with E-state index in [9.17, 15) is 4.79 Å². The van der Waals surface area contributed by atoms with Gasteiger partial charge in [0, 0.05) is 24.5 Å². The second-order valence-electron chi connectivity index (χ2n) is 5.51. The summed E-state index contributed by atoms with van der Waals surface area (Å²) in [5, 5.41) is 1.53. The summed E-state index contributed by atoms with van der Waals surface area (Å²) in [6.45, 7) is 10.6. The second kappa shape index (κ2) is 16.9. The molecule has 0 rings (SSSR count). The predicted octanol–water partition coefficient (Wildman–Crippen LogP) is 4.46. The molecule has 0 aliphatic carbocycles. The topological polar surface area (TPSA) is 32.8 Å². The molecule has 138 valence electrons. The Hall–Kier alpha value is 0.0900. The number of amides is 1. The Bertz CT molecular complexity index is 277. The normalized spacial score (nSPS) is 11.2. The Balaban J connectivity index is 3.69. The fraction of sp³-hybridized carbons (Fsp3) is 0.941. The fourth-order valence-corrected chi connectivity index (χ4v) is 4.36. The summed E-state index contributed by atoms with van der Waals surface area (Å²) in [7, 11) is 5.28. The number of carbonyl (C=O) groups excluding carboxylic acids is 1. The molecule has 0 bridgehead atoms. The molecule has 0 spiro atoms. The molecule has 0 unspecified atom stereocenters. The van der Waals surface area contributed by atoms with Crippen molar-refractivity contribution in [3.8, 4) is 0 Å². The summed E-state index contributed by atoms with van der Waals surface area (Å²) in [6, 6.07) is 0. The average molecular weight is 365 g/mol. The first-order valence-electron chi connectivity index (χ1n) is 9.00. The van der Waals surface area contributed by atoms with Crippen LogP contribution in [0.5, 0.6) is 0 Å². The van der Waals surface area contributed by atoms with E-state index in [4.69, 9.17) is 4.84 Å². The van der Waals surface area contributed by atoms with Crippen LogP contribution < -0.4 is 0 Å². The number of rotatable bonds is 16. The molecule has 0 radical (unpaired) electrons. The molecule has 0 aromatic rings. The molecule has 0 aliphatic heterocycles. The van der Waals surface area contributed by atoms with Gasteiger partial charge in [-0.25, -0.2) is 5.06 Å². The molecule has 6 heteroatoms. The van der Waals surface area contributed by atoms with E-state index in [1.54, 1.807) is 17.9 Å². The zero-order valence-corrected chi connectivity index (χ0v) is 17.1. The lowest BCUT2D eigenvalue weighted by Crippen LogP contribution is -2.32. The molecular formula is C17H36N2O2S2. The molecule has 0 atom stereocenters. The van der Waals surface area contributed by atoms with Gasteiger partial charge in [0.25, 0.3) is 0 Å². The number of hydrogen-bond acceptors (Lipinski definition) is 5. The minimum atomic E-state index is 0.108. The van der Waals surface area contributed by atoms with Gasteiger partial charge in [-0.05, 0) is 38.9 Å². The van der Waals surface area contributed by atoms with Crippen LogP contribution in [0.25, 0.3) is 0 Å². The maximum absolute atomic E-state index is 12.1. The molecule has 0 saturated heterocycles. The van der Waals surface area contributed by atoms with Gasteiger partial charge in [-0.2, -0.15) is 0 Å². The van der Waals surface area contributed by atoms with Crippen molar-refractivity contribution in [1.29, 1.82) is 0 Å². The Kier molecular flexibility index (Phi) is 17.0. The van der Waals surface area contributed by atoms with E-state index >= 15 is 0 Å². The summed E-state index contributed by atoms with van der Waals surface area (Å²) < 4.78 is 0. The Labute approximate surface area is 151 Å². The number of unbranched alkanes of at least 4 members (excludes halogenated alkanes) is 3. The van der Waals surface area contributed by atoms with Crippen molar-refractivity contribution in [3.63, 3.8) is 0 Å². The van der Waals surface area contributed by atoms with Crippen molar-refractivity contribution < 1.29 is 9.63 Å². The van der Waals surface area contributed by atoms with Crippen LogP contribution in [0, 0.1) is 0 Å². The van der Waals surface area contributed by atoms with Gasteiger partial charge in [-0.1, -0.05) is 55.2 Å². The number of hydrogen-bond donors (Lipinski definition) is 0. The van der Waals surface area contributed by atoms with E-state index in [0.717, 1.165) is 38.2 Å². The van der Waals surface area contributed by atoms with E-state index in [0.29, 0.717) is 13.0 Å². The lowest BCUT2D eigenvalue weighted by molar-refractivity contribution is -0.175. The van der Waals surface area contributed by atoms with Crippen molar-refractivity contribution in [2.75, 3.05) is 44.8 Å². The third kappa shape index (κ3) is 13.1. The van der Waals surface area contributed by atoms with Crippen LogP contribution in [0.3, 0.4) is 0 Å². The van der Waals surface area contributed by atoms with Crippen molar-refractivity contribution in [2.45, 2.75) is 59.3 Å². The molecule has 0 saturated carbocycles. The zero-order valence-electron chi connectivity index (χ0n) is 15.5. The van der Waals surface area contributed by atoms with Crippen LogP contribution >= 0.6 is 21.6 Å². The molecule has 0 heterocycles. The molecule has 0 fully saturated rings. The highest BCUT2D eigenvalue weighted by atomic mass is 33.1. The Morgan fingerprint density at radius 3 is 2.17 bits per heavy atom. The minimum absolute atomic E-state index is 0.108. The highest BCUT2D eigenvalue weighted by molar-refractivity contribution is 8.76. The SMILES string of the molecule is CCCCCSSCCC(=O)N(CCCCN(CC)CC)OC. The standard InChI is InChI=1S/C17H36N2O2S2/c1-5-8-11-15-22-23-16-12-17(20)19(21-4)14-10-9-13-18(6-2)7-3/h5-16H2,1-4H3. The molecule has 0 aliphatic rings. The van der Waals surface area contributed by atoms with Crippen LogP contribution in [-0.4, -0.2) is 60.7 Å². The molecule has 0 aromatic heterocycles. The zero-order chi connectivity index (χ0) is 17.3. The monoisotopic (exact) mass is 364 g/mol. The first kappa shape index (κ1) is 23.1. The predicted molar refractivity (Wildman–Crippen MR) is 105 cm³/mol. The van der Waals surface area contributed by atoms with Crippen molar-refractivity contribution in [3.05, 3.63) is 0 Å².